The van der Waals surface area contributed by atoms with Gasteiger partial charge in [0.05, 0.1) is 6.04 Å². The van der Waals surface area contributed by atoms with Gasteiger partial charge in [0.25, 0.3) is 0 Å². The number of hydrogen-bond donors (Lipinski definition) is 0. The van der Waals surface area contributed by atoms with Gasteiger partial charge in [0.2, 0.25) is 6.79 Å². The molecule has 3 aliphatic rings. The Hall–Kier alpha value is -2.17. The molecule has 1 amide bonds. The summed E-state index contributed by atoms with van der Waals surface area (Å²) in [4.78, 5) is 14.6. The van der Waals surface area contributed by atoms with E-state index in [4.69, 9.17) is 14.2 Å². The molecule has 5 heteroatoms. The zero-order valence-electron chi connectivity index (χ0n) is 15.1. The van der Waals surface area contributed by atoms with Crippen molar-refractivity contribution in [2.45, 2.75) is 64.1 Å². The molecular weight excluding hydrogens is 318 g/mol. The molecule has 134 valence electrons. The van der Waals surface area contributed by atoms with Crippen molar-refractivity contribution in [3.8, 4) is 11.5 Å². The number of rotatable bonds is 1. The highest BCUT2D eigenvalue weighted by Gasteiger charge is 2.39. The van der Waals surface area contributed by atoms with Crippen molar-refractivity contribution in [2.75, 3.05) is 6.79 Å². The predicted molar refractivity (Wildman–Crippen MR) is 94.7 cm³/mol. The van der Waals surface area contributed by atoms with E-state index in [9.17, 15) is 4.79 Å². The van der Waals surface area contributed by atoms with Gasteiger partial charge in [0.15, 0.2) is 11.5 Å². The summed E-state index contributed by atoms with van der Waals surface area (Å²) in [7, 11) is 0. The summed E-state index contributed by atoms with van der Waals surface area (Å²) in [5, 5.41) is 0. The minimum atomic E-state index is -0.466. The molecule has 1 saturated heterocycles. The Balaban J connectivity index is 1.60. The SMILES string of the molecule is CC(C)(C)OC(=O)N1C2C=C(c3ccc4c(c3)OCO4)CC1CCC2. The van der Waals surface area contributed by atoms with Crippen LogP contribution in [0.25, 0.3) is 5.57 Å². The van der Waals surface area contributed by atoms with E-state index >= 15 is 0 Å². The van der Waals surface area contributed by atoms with Crippen LogP contribution in [-0.4, -0.2) is 35.5 Å². The first-order valence-corrected chi connectivity index (χ1v) is 9.03. The quantitative estimate of drug-likeness (QED) is 0.760. The molecule has 0 saturated carbocycles. The van der Waals surface area contributed by atoms with Crippen LogP contribution in [0.4, 0.5) is 4.79 Å². The third-order valence-corrected chi connectivity index (χ3v) is 4.98. The monoisotopic (exact) mass is 343 g/mol. The van der Waals surface area contributed by atoms with Gasteiger partial charge in [-0.3, -0.25) is 4.90 Å². The van der Waals surface area contributed by atoms with E-state index in [1.54, 1.807) is 0 Å². The van der Waals surface area contributed by atoms with Gasteiger partial charge in [-0.15, -0.1) is 0 Å². The van der Waals surface area contributed by atoms with Crippen LogP contribution in [-0.2, 0) is 4.74 Å². The second-order valence-electron chi connectivity index (χ2n) is 8.00. The Morgan fingerprint density at radius 2 is 2.00 bits per heavy atom. The lowest BCUT2D eigenvalue weighted by Crippen LogP contribution is -2.53. The van der Waals surface area contributed by atoms with E-state index in [2.05, 4.69) is 12.1 Å². The summed E-state index contributed by atoms with van der Waals surface area (Å²) in [5.41, 5.74) is 1.98. The highest BCUT2D eigenvalue weighted by atomic mass is 16.7. The average Bonchev–Trinajstić information content (AvgIpc) is 2.99. The predicted octanol–water partition coefficient (Wildman–Crippen LogP) is 4.36. The van der Waals surface area contributed by atoms with Crippen LogP contribution in [0.15, 0.2) is 24.3 Å². The summed E-state index contributed by atoms with van der Waals surface area (Å²) in [6.45, 7) is 6.03. The Morgan fingerprint density at radius 3 is 2.76 bits per heavy atom. The van der Waals surface area contributed by atoms with E-state index in [0.29, 0.717) is 0 Å². The van der Waals surface area contributed by atoms with E-state index in [0.717, 1.165) is 42.7 Å². The third-order valence-electron chi connectivity index (χ3n) is 4.98. The van der Waals surface area contributed by atoms with Crippen molar-refractivity contribution >= 4 is 11.7 Å². The fourth-order valence-electron chi connectivity index (χ4n) is 3.94. The van der Waals surface area contributed by atoms with Crippen LogP contribution in [0.2, 0.25) is 0 Å². The topological polar surface area (TPSA) is 48.0 Å². The van der Waals surface area contributed by atoms with Crippen LogP contribution in [0.3, 0.4) is 0 Å². The summed E-state index contributed by atoms with van der Waals surface area (Å²) in [6.07, 6.45) is 6.07. The number of ether oxygens (including phenoxy) is 3. The van der Waals surface area contributed by atoms with Gasteiger partial charge < -0.3 is 14.2 Å². The molecule has 5 nitrogen and oxygen atoms in total. The van der Waals surface area contributed by atoms with Gasteiger partial charge in [0, 0.05) is 6.04 Å². The molecule has 25 heavy (non-hydrogen) atoms. The molecule has 2 atom stereocenters. The maximum absolute atomic E-state index is 12.7. The maximum atomic E-state index is 12.7. The van der Waals surface area contributed by atoms with Crippen molar-refractivity contribution in [1.29, 1.82) is 0 Å². The molecule has 0 spiro atoms. The summed E-state index contributed by atoms with van der Waals surface area (Å²) < 4.78 is 16.5. The molecule has 1 aromatic rings. The molecule has 1 aromatic carbocycles. The molecule has 1 fully saturated rings. The van der Waals surface area contributed by atoms with Gasteiger partial charge in [-0.2, -0.15) is 0 Å². The van der Waals surface area contributed by atoms with E-state index in [1.807, 2.05) is 37.8 Å². The largest absolute Gasteiger partial charge is 0.454 e. The molecule has 2 unspecified atom stereocenters. The van der Waals surface area contributed by atoms with E-state index in [-0.39, 0.29) is 25.0 Å². The second-order valence-corrected chi connectivity index (χ2v) is 8.00. The molecule has 0 aromatic heterocycles. The van der Waals surface area contributed by atoms with Gasteiger partial charge in [-0.1, -0.05) is 12.1 Å². The highest BCUT2D eigenvalue weighted by Crippen LogP contribution is 2.41. The van der Waals surface area contributed by atoms with Gasteiger partial charge in [-0.05, 0) is 69.7 Å². The standard InChI is InChI=1S/C20H25NO4/c1-20(2,3)25-19(22)21-15-5-4-6-16(21)10-14(9-15)13-7-8-17-18(11-13)24-12-23-17/h7-9,11,15-16H,4-6,10,12H2,1-3H3. The van der Waals surface area contributed by atoms with Crippen LogP contribution < -0.4 is 9.47 Å². The number of carbonyl (C=O) groups excluding carboxylic acids is 1. The Labute approximate surface area is 148 Å². The van der Waals surface area contributed by atoms with Crippen molar-refractivity contribution < 1.29 is 19.0 Å². The molecule has 0 aliphatic carbocycles. The van der Waals surface area contributed by atoms with Crippen LogP contribution in [0, 0.1) is 0 Å². The smallest absolute Gasteiger partial charge is 0.411 e. The van der Waals surface area contributed by atoms with Crippen LogP contribution in [0.5, 0.6) is 11.5 Å². The highest BCUT2D eigenvalue weighted by molar-refractivity contribution is 5.75. The number of amides is 1. The lowest BCUT2D eigenvalue weighted by Gasteiger charge is -2.45. The first kappa shape index (κ1) is 16.3. The van der Waals surface area contributed by atoms with Crippen LogP contribution in [0.1, 0.15) is 52.0 Å². The molecule has 0 radical (unpaired) electrons. The van der Waals surface area contributed by atoms with E-state index < -0.39 is 5.60 Å². The van der Waals surface area contributed by atoms with Crippen molar-refractivity contribution in [3.63, 3.8) is 0 Å². The van der Waals surface area contributed by atoms with E-state index in [1.165, 1.54) is 5.57 Å². The summed E-state index contributed by atoms with van der Waals surface area (Å²) in [5.74, 6) is 1.61. The lowest BCUT2D eigenvalue weighted by atomic mass is 9.83. The Kier molecular flexibility index (Phi) is 3.89. The third kappa shape index (κ3) is 3.20. The summed E-state index contributed by atoms with van der Waals surface area (Å²) >= 11 is 0. The zero-order valence-corrected chi connectivity index (χ0v) is 15.1. The first-order chi connectivity index (χ1) is 11.9. The molecule has 3 heterocycles. The van der Waals surface area contributed by atoms with Gasteiger partial charge in [0.1, 0.15) is 5.60 Å². The number of hydrogen-bond acceptors (Lipinski definition) is 4. The molecular formula is C20H25NO4. The minimum Gasteiger partial charge on any atom is -0.454 e. The minimum absolute atomic E-state index is 0.114. The van der Waals surface area contributed by atoms with Crippen molar-refractivity contribution in [1.82, 2.24) is 4.90 Å². The second kappa shape index (κ2) is 5.97. The zero-order chi connectivity index (χ0) is 17.6. The number of carbonyl (C=O) groups is 1. The number of nitrogens with zero attached hydrogens (tertiary/aromatic N) is 1. The molecule has 2 bridgehead atoms. The fraction of sp³-hybridized carbons (Fsp3) is 0.550. The normalized spacial score (nSPS) is 24.8. The average molecular weight is 343 g/mol. The van der Waals surface area contributed by atoms with Gasteiger partial charge in [-0.25, -0.2) is 4.79 Å². The number of benzene rings is 1. The van der Waals surface area contributed by atoms with Crippen LogP contribution >= 0.6 is 0 Å². The maximum Gasteiger partial charge on any atom is 0.411 e. The fourth-order valence-corrected chi connectivity index (χ4v) is 3.94. The van der Waals surface area contributed by atoms with Crippen molar-refractivity contribution in [3.05, 3.63) is 29.8 Å². The summed E-state index contributed by atoms with van der Waals surface area (Å²) in [6, 6.07) is 6.42. The van der Waals surface area contributed by atoms with Gasteiger partial charge >= 0.3 is 6.09 Å². The van der Waals surface area contributed by atoms with Crippen molar-refractivity contribution in [2.24, 2.45) is 0 Å². The number of fused-ring (bicyclic) bond motifs is 3. The molecule has 0 N–H and O–H groups in total. The lowest BCUT2D eigenvalue weighted by molar-refractivity contribution is 0.0000821. The first-order valence-electron chi connectivity index (χ1n) is 9.03. The molecule has 3 aliphatic heterocycles. The Bertz CT molecular complexity index is 719. The number of piperidine rings is 1. The Morgan fingerprint density at radius 1 is 1.20 bits per heavy atom. The molecule has 4 rings (SSSR count).